The van der Waals surface area contributed by atoms with Crippen molar-refractivity contribution in [2.45, 2.75) is 6.04 Å². The molecule has 1 unspecified atom stereocenters. The molecule has 0 spiro atoms. The van der Waals surface area contributed by atoms with Crippen molar-refractivity contribution in [1.29, 1.82) is 0 Å². The molecular weight excluding hydrogens is 166 g/mol. The van der Waals surface area contributed by atoms with Crippen LogP contribution in [0.2, 0.25) is 4.34 Å². The minimum atomic E-state index is -0.316. The van der Waals surface area contributed by atoms with Crippen LogP contribution in [0.4, 0.5) is 0 Å². The van der Waals surface area contributed by atoms with Crippen LogP contribution in [0.5, 0.6) is 0 Å². The summed E-state index contributed by atoms with van der Waals surface area (Å²) in [7, 11) is 0. The van der Waals surface area contributed by atoms with E-state index in [1.54, 1.807) is 6.07 Å². The average molecular weight is 172 g/mol. The first kappa shape index (κ1) is 7.62. The molecule has 1 aromatic heterocycles. The maximum Gasteiger partial charge on any atom is 0.0932 e. The monoisotopic (exact) mass is 171 g/mol. The molecule has 0 aliphatic heterocycles. The largest absolute Gasteiger partial charge is 0.314 e. The molecule has 1 rings (SSSR count). The van der Waals surface area contributed by atoms with Gasteiger partial charge in [0.05, 0.1) is 10.4 Å². The van der Waals surface area contributed by atoms with Crippen LogP contribution in [0.3, 0.4) is 0 Å². The van der Waals surface area contributed by atoms with Crippen molar-refractivity contribution in [2.75, 3.05) is 0 Å². The van der Waals surface area contributed by atoms with Crippen LogP contribution in [0.25, 0.3) is 0 Å². The van der Waals surface area contributed by atoms with E-state index >= 15 is 0 Å². The van der Waals surface area contributed by atoms with Gasteiger partial charge < -0.3 is 5.73 Å². The molecule has 0 radical (unpaired) electrons. The molecule has 52 valence electrons. The van der Waals surface area contributed by atoms with Crippen molar-refractivity contribution in [3.05, 3.63) is 21.3 Å². The number of rotatable bonds is 1. The lowest BCUT2D eigenvalue weighted by Gasteiger charge is -1.96. The van der Waals surface area contributed by atoms with E-state index in [2.05, 4.69) is 5.92 Å². The summed E-state index contributed by atoms with van der Waals surface area (Å²) in [5.41, 5.74) is 6.43. The van der Waals surface area contributed by atoms with Crippen molar-refractivity contribution in [3.8, 4) is 12.3 Å². The molecule has 0 aliphatic rings. The molecule has 0 aromatic carbocycles. The van der Waals surface area contributed by atoms with Gasteiger partial charge in [-0.05, 0) is 17.0 Å². The van der Waals surface area contributed by atoms with Gasteiger partial charge in [0.2, 0.25) is 0 Å². The topological polar surface area (TPSA) is 26.0 Å². The van der Waals surface area contributed by atoms with E-state index in [9.17, 15) is 0 Å². The molecular formula is C7H6ClNS. The van der Waals surface area contributed by atoms with Gasteiger partial charge in [-0.2, -0.15) is 0 Å². The summed E-state index contributed by atoms with van der Waals surface area (Å²) in [5.74, 6) is 2.42. The third kappa shape index (κ3) is 1.51. The highest BCUT2D eigenvalue weighted by atomic mass is 35.5. The zero-order valence-corrected chi connectivity index (χ0v) is 6.75. The van der Waals surface area contributed by atoms with E-state index in [1.165, 1.54) is 11.3 Å². The van der Waals surface area contributed by atoms with E-state index in [-0.39, 0.29) is 6.04 Å². The molecule has 0 saturated heterocycles. The Morgan fingerprint density at radius 1 is 1.80 bits per heavy atom. The second-order valence-corrected chi connectivity index (χ2v) is 3.37. The van der Waals surface area contributed by atoms with Crippen LogP contribution in [-0.4, -0.2) is 0 Å². The summed E-state index contributed by atoms with van der Waals surface area (Å²) in [6.07, 6.45) is 5.10. The number of thiophene rings is 1. The molecule has 1 aromatic rings. The number of hydrogen-bond acceptors (Lipinski definition) is 2. The molecule has 0 bridgehead atoms. The Hall–Kier alpha value is -0.490. The van der Waals surface area contributed by atoms with Crippen LogP contribution in [0.15, 0.2) is 11.4 Å². The number of nitrogens with two attached hydrogens (primary N) is 1. The van der Waals surface area contributed by atoms with Crippen molar-refractivity contribution < 1.29 is 0 Å². The predicted octanol–water partition coefficient (Wildman–Crippen LogP) is 2.03. The Morgan fingerprint density at radius 2 is 2.50 bits per heavy atom. The molecule has 10 heavy (non-hydrogen) atoms. The fourth-order valence-corrected chi connectivity index (χ4v) is 1.51. The van der Waals surface area contributed by atoms with E-state index < -0.39 is 0 Å². The van der Waals surface area contributed by atoms with E-state index in [0.717, 1.165) is 9.90 Å². The van der Waals surface area contributed by atoms with Crippen molar-refractivity contribution >= 4 is 22.9 Å². The Kier molecular flexibility index (Phi) is 2.34. The normalized spacial score (nSPS) is 12.5. The zero-order chi connectivity index (χ0) is 7.56. The molecule has 1 nitrogen and oxygen atoms in total. The molecule has 0 fully saturated rings. The lowest BCUT2D eigenvalue weighted by atomic mass is 10.2. The predicted molar refractivity (Wildman–Crippen MR) is 45.1 cm³/mol. The summed E-state index contributed by atoms with van der Waals surface area (Å²) in [6, 6.07) is 1.47. The van der Waals surface area contributed by atoms with Gasteiger partial charge in [0.1, 0.15) is 0 Å². The lowest BCUT2D eigenvalue weighted by molar-refractivity contribution is 0.954. The van der Waals surface area contributed by atoms with Crippen LogP contribution < -0.4 is 5.73 Å². The number of terminal acetylenes is 1. The standard InChI is InChI=1S/C7H6ClNS/c1-2-6(9)5-3-7(8)10-4-5/h1,3-4,6H,9H2. The lowest BCUT2D eigenvalue weighted by Crippen LogP contribution is -2.05. The van der Waals surface area contributed by atoms with Gasteiger partial charge in [0.15, 0.2) is 0 Å². The summed E-state index contributed by atoms with van der Waals surface area (Å²) in [5, 5.41) is 1.87. The maximum absolute atomic E-state index is 5.66. The van der Waals surface area contributed by atoms with E-state index in [4.69, 9.17) is 23.8 Å². The molecule has 3 heteroatoms. The number of hydrogen-bond donors (Lipinski definition) is 1. The highest BCUT2D eigenvalue weighted by Crippen LogP contribution is 2.23. The van der Waals surface area contributed by atoms with Crippen LogP contribution in [-0.2, 0) is 0 Å². The smallest absolute Gasteiger partial charge is 0.0932 e. The van der Waals surface area contributed by atoms with Gasteiger partial charge in [-0.3, -0.25) is 0 Å². The third-order valence-electron chi connectivity index (χ3n) is 1.13. The van der Waals surface area contributed by atoms with Crippen LogP contribution in [0, 0.1) is 12.3 Å². The SMILES string of the molecule is C#CC(N)c1csc(Cl)c1. The first-order valence-electron chi connectivity index (χ1n) is 2.69. The molecule has 1 atom stereocenters. The quantitative estimate of drug-likeness (QED) is 0.643. The van der Waals surface area contributed by atoms with Crippen LogP contribution >= 0.6 is 22.9 Å². The fourth-order valence-electron chi connectivity index (χ4n) is 0.583. The Bertz CT molecular complexity index is 261. The van der Waals surface area contributed by atoms with Crippen molar-refractivity contribution in [3.63, 3.8) is 0 Å². The summed E-state index contributed by atoms with van der Waals surface area (Å²) in [6.45, 7) is 0. The average Bonchev–Trinajstić information content (AvgIpc) is 2.34. The molecule has 0 amide bonds. The summed E-state index contributed by atoms with van der Waals surface area (Å²) >= 11 is 7.09. The first-order chi connectivity index (χ1) is 4.74. The van der Waals surface area contributed by atoms with Gasteiger partial charge in [-0.1, -0.05) is 17.5 Å². The number of halogens is 1. The Balaban J connectivity index is 2.87. The summed E-state index contributed by atoms with van der Waals surface area (Å²) in [4.78, 5) is 0. The third-order valence-corrected chi connectivity index (χ3v) is 2.24. The highest BCUT2D eigenvalue weighted by Gasteiger charge is 2.02. The van der Waals surface area contributed by atoms with E-state index in [1.807, 2.05) is 5.38 Å². The van der Waals surface area contributed by atoms with Gasteiger partial charge in [0.25, 0.3) is 0 Å². The minimum absolute atomic E-state index is 0.316. The fraction of sp³-hybridized carbons (Fsp3) is 0.143. The van der Waals surface area contributed by atoms with E-state index in [0.29, 0.717) is 0 Å². The minimum Gasteiger partial charge on any atom is -0.314 e. The Morgan fingerprint density at radius 3 is 2.90 bits per heavy atom. The molecule has 0 saturated carbocycles. The second-order valence-electron chi connectivity index (χ2n) is 1.83. The molecule has 2 N–H and O–H groups in total. The van der Waals surface area contributed by atoms with Gasteiger partial charge >= 0.3 is 0 Å². The van der Waals surface area contributed by atoms with Gasteiger partial charge in [-0.25, -0.2) is 0 Å². The van der Waals surface area contributed by atoms with Gasteiger partial charge in [-0.15, -0.1) is 17.8 Å². The van der Waals surface area contributed by atoms with Crippen LogP contribution in [0.1, 0.15) is 11.6 Å². The molecule has 0 aliphatic carbocycles. The Labute approximate surface area is 68.8 Å². The van der Waals surface area contributed by atoms with Crippen molar-refractivity contribution in [2.24, 2.45) is 5.73 Å². The molecule has 1 heterocycles. The summed E-state index contributed by atoms with van der Waals surface area (Å²) < 4.78 is 0.723. The highest BCUT2D eigenvalue weighted by molar-refractivity contribution is 7.14. The first-order valence-corrected chi connectivity index (χ1v) is 3.95. The maximum atomic E-state index is 5.66. The second kappa shape index (κ2) is 3.07. The zero-order valence-electron chi connectivity index (χ0n) is 5.17. The van der Waals surface area contributed by atoms with Crippen molar-refractivity contribution in [1.82, 2.24) is 0 Å². The van der Waals surface area contributed by atoms with Gasteiger partial charge in [0, 0.05) is 0 Å².